The number of allylic oxidation sites excluding steroid dienone is 3. The summed E-state index contributed by atoms with van der Waals surface area (Å²) in [7, 11) is -3.97. The van der Waals surface area contributed by atoms with Crippen molar-refractivity contribution >= 4 is 16.6 Å². The number of unbranched alkanes of at least 4 members (excludes halogenated alkanes) is 1. The van der Waals surface area contributed by atoms with E-state index < -0.39 is 16.6 Å². The number of hydrogen-bond acceptors (Lipinski definition) is 5. The molecule has 7 atom stereocenters. The number of aliphatic hydroxyl groups excluding tert-OH is 1. The lowest BCUT2D eigenvalue weighted by atomic mass is 9.60. The van der Waals surface area contributed by atoms with Crippen LogP contribution in [-0.2, 0) is 18.3 Å². The molecule has 0 unspecified atom stereocenters. The summed E-state index contributed by atoms with van der Waals surface area (Å²) < 4.78 is 27.0. The lowest BCUT2D eigenvalue weighted by Gasteiger charge is -2.46. The van der Waals surface area contributed by atoms with E-state index in [-0.39, 0.29) is 45.0 Å². The van der Waals surface area contributed by atoms with Crippen molar-refractivity contribution in [1.29, 1.82) is 0 Å². The molecule has 5 fully saturated rings. The van der Waals surface area contributed by atoms with Crippen LogP contribution in [0.1, 0.15) is 159 Å². The predicted molar refractivity (Wildman–Crippen MR) is 232 cm³/mol. The summed E-state index contributed by atoms with van der Waals surface area (Å²) >= 11 is 0. The van der Waals surface area contributed by atoms with Gasteiger partial charge in [0.15, 0.2) is 22.4 Å². The zero-order valence-corrected chi connectivity index (χ0v) is 39.4. The number of rotatable bonds is 15. The third-order valence-corrected chi connectivity index (χ3v) is 25.5. The number of aliphatic hydroxyl groups is 1. The van der Waals surface area contributed by atoms with Gasteiger partial charge in [0.05, 0.1) is 31.5 Å². The third-order valence-electron chi connectivity index (χ3n) is 16.4. The second-order valence-electron chi connectivity index (χ2n) is 22.0. The molecule has 5 rings (SSSR count). The highest BCUT2D eigenvalue weighted by molar-refractivity contribution is 6.74. The summed E-state index contributed by atoms with van der Waals surface area (Å²) in [5.41, 5.74) is 4.52. The Labute approximate surface area is 335 Å². The molecule has 0 radical (unpaired) electrons. The fourth-order valence-electron chi connectivity index (χ4n) is 10.6. The van der Waals surface area contributed by atoms with E-state index in [4.69, 9.17) is 24.9 Å². The van der Waals surface area contributed by atoms with Gasteiger partial charge in [-0.25, -0.2) is 0 Å². The summed E-state index contributed by atoms with van der Waals surface area (Å²) in [6, 6.07) is 0. The van der Waals surface area contributed by atoms with Crippen molar-refractivity contribution in [1.82, 2.24) is 0 Å². The van der Waals surface area contributed by atoms with Gasteiger partial charge in [0, 0.05) is 18.3 Å². The van der Waals surface area contributed by atoms with Gasteiger partial charge in [-0.2, -0.15) is 0 Å². The van der Waals surface area contributed by atoms with Gasteiger partial charge in [0.25, 0.3) is 0 Å². The molecule has 5 nitrogen and oxygen atoms in total. The van der Waals surface area contributed by atoms with E-state index in [9.17, 15) is 5.11 Å². The Morgan fingerprint density at radius 1 is 0.907 bits per heavy atom. The highest BCUT2D eigenvalue weighted by Gasteiger charge is 2.62. The molecule has 0 aromatic heterocycles. The average molecular weight is 785 g/mol. The molecule has 4 aliphatic carbocycles. The molecular weight excluding hydrogens is 701 g/mol. The minimum atomic E-state index is -2.01. The standard InChI is InChI=1S/C47H84O5Si2/c1-15-16-27-47(49-30-31-50-47)46(28-29-46)26-18-20-41(48)35(3)39-23-24-40-36(19-17-25-45(39,40)10)21-22-37-32-38(51-53(11,12)43(4,5)6)33-42(34(37)2)52-54(13,14)44(7,8)9/h21-22,35,38-42,48H,2,15-20,23-33H2,1,3-14H3/b36-21+,37-22-/t35-,38+,39+,40-,41-,42-,45+/m0/s1. The van der Waals surface area contributed by atoms with Gasteiger partial charge in [-0.05, 0) is 141 Å². The molecule has 54 heavy (non-hydrogen) atoms. The van der Waals surface area contributed by atoms with E-state index in [1.807, 2.05) is 0 Å². The van der Waals surface area contributed by atoms with E-state index in [2.05, 4.69) is 101 Å². The average Bonchev–Trinajstić information content (AvgIpc) is 3.55. The summed E-state index contributed by atoms with van der Waals surface area (Å²) in [5, 5.41) is 12.0. The van der Waals surface area contributed by atoms with Crippen LogP contribution in [0, 0.1) is 28.6 Å². The molecule has 5 aliphatic rings. The Hall–Kier alpha value is -0.546. The summed E-state index contributed by atoms with van der Waals surface area (Å²) in [5.74, 6) is 1.08. The first kappa shape index (κ1) is 44.6. The minimum absolute atomic E-state index is 0.00349. The quantitative estimate of drug-likeness (QED) is 0.168. The largest absolute Gasteiger partial charge is 0.413 e. The van der Waals surface area contributed by atoms with E-state index in [1.165, 1.54) is 62.5 Å². The molecule has 0 aromatic carbocycles. The first-order valence-electron chi connectivity index (χ1n) is 22.4. The summed E-state index contributed by atoms with van der Waals surface area (Å²) in [6.45, 7) is 36.9. The van der Waals surface area contributed by atoms with E-state index in [1.54, 1.807) is 5.57 Å². The topological polar surface area (TPSA) is 57.2 Å². The molecule has 0 aromatic rings. The normalized spacial score (nSPS) is 33.0. The SMILES string of the molecule is C=C1/C(=C\C=C2/CCC[C@]3(C)[C@@H]([C@H](C)[C@@H](O)CCCC4(C5(CCCC)OCCO5)CC4)CC[C@@H]23)C[C@@H](O[Si](C)(C)C(C)(C)C)C[C@@H]1O[Si](C)(C)C(C)(C)C. The fraction of sp³-hybridized carbons (Fsp3) is 0.872. The fourth-order valence-corrected chi connectivity index (χ4v) is 13.3. The molecule has 0 bridgehead atoms. The molecule has 0 amide bonds. The van der Waals surface area contributed by atoms with Crippen LogP contribution in [0.3, 0.4) is 0 Å². The maximum atomic E-state index is 11.7. The first-order valence-corrected chi connectivity index (χ1v) is 28.2. The van der Waals surface area contributed by atoms with Gasteiger partial charge >= 0.3 is 0 Å². The van der Waals surface area contributed by atoms with Crippen LogP contribution in [0.15, 0.2) is 35.5 Å². The van der Waals surface area contributed by atoms with Crippen molar-refractivity contribution < 1.29 is 23.4 Å². The van der Waals surface area contributed by atoms with Gasteiger partial charge in [-0.1, -0.05) is 99.5 Å². The van der Waals surface area contributed by atoms with Crippen LogP contribution in [0.2, 0.25) is 36.3 Å². The van der Waals surface area contributed by atoms with E-state index in [0.29, 0.717) is 17.8 Å². The lowest BCUT2D eigenvalue weighted by Crippen LogP contribution is -2.49. The maximum Gasteiger partial charge on any atom is 0.192 e. The zero-order valence-electron chi connectivity index (χ0n) is 37.4. The molecule has 0 spiro atoms. The predicted octanol–water partition coefficient (Wildman–Crippen LogP) is 13.1. The Kier molecular flexibility index (Phi) is 13.7. The monoisotopic (exact) mass is 785 g/mol. The summed E-state index contributed by atoms with van der Waals surface area (Å²) in [4.78, 5) is 0. The smallest absolute Gasteiger partial charge is 0.192 e. The van der Waals surface area contributed by atoms with Crippen molar-refractivity contribution in [2.24, 2.45) is 28.6 Å². The zero-order chi connectivity index (χ0) is 40.0. The second-order valence-corrected chi connectivity index (χ2v) is 31.5. The maximum absolute atomic E-state index is 11.7. The van der Waals surface area contributed by atoms with Gasteiger partial charge in [0.2, 0.25) is 0 Å². The molecule has 1 N–H and O–H groups in total. The molecule has 4 saturated carbocycles. The van der Waals surface area contributed by atoms with Crippen LogP contribution >= 0.6 is 0 Å². The van der Waals surface area contributed by atoms with Crippen LogP contribution in [0.25, 0.3) is 0 Å². The van der Waals surface area contributed by atoms with Crippen LogP contribution < -0.4 is 0 Å². The van der Waals surface area contributed by atoms with Gasteiger partial charge in [-0.15, -0.1) is 0 Å². The molecule has 1 aliphatic heterocycles. The first-order chi connectivity index (χ1) is 25.0. The van der Waals surface area contributed by atoms with Gasteiger partial charge < -0.3 is 23.4 Å². The number of hydrogen-bond donors (Lipinski definition) is 1. The van der Waals surface area contributed by atoms with Gasteiger partial charge in [0.1, 0.15) is 0 Å². The molecule has 1 saturated heterocycles. The van der Waals surface area contributed by atoms with Crippen LogP contribution in [-0.4, -0.2) is 59.1 Å². The summed E-state index contributed by atoms with van der Waals surface area (Å²) in [6.07, 6.45) is 21.6. The Morgan fingerprint density at radius 3 is 2.13 bits per heavy atom. The van der Waals surface area contributed by atoms with Crippen molar-refractivity contribution in [2.75, 3.05) is 13.2 Å². The van der Waals surface area contributed by atoms with Gasteiger partial charge in [-0.3, -0.25) is 0 Å². The van der Waals surface area contributed by atoms with Crippen molar-refractivity contribution in [3.63, 3.8) is 0 Å². The Bertz CT molecular complexity index is 1360. The Balaban J connectivity index is 1.28. The van der Waals surface area contributed by atoms with E-state index >= 15 is 0 Å². The molecule has 7 heteroatoms. The number of fused-ring (bicyclic) bond motifs is 1. The van der Waals surface area contributed by atoms with Crippen LogP contribution in [0.4, 0.5) is 0 Å². The molecular formula is C47H84O5Si2. The molecule has 310 valence electrons. The molecule has 1 heterocycles. The number of ether oxygens (including phenoxy) is 2. The highest BCUT2D eigenvalue weighted by Crippen LogP contribution is 2.63. The van der Waals surface area contributed by atoms with E-state index in [0.717, 1.165) is 58.2 Å². The Morgan fingerprint density at radius 2 is 1.54 bits per heavy atom. The minimum Gasteiger partial charge on any atom is -0.413 e. The van der Waals surface area contributed by atoms with Crippen molar-refractivity contribution in [3.8, 4) is 0 Å². The lowest BCUT2D eigenvalue weighted by molar-refractivity contribution is -0.214. The van der Waals surface area contributed by atoms with Crippen molar-refractivity contribution in [2.45, 2.75) is 219 Å². The highest BCUT2D eigenvalue weighted by atomic mass is 28.4. The second kappa shape index (κ2) is 16.6. The van der Waals surface area contributed by atoms with Crippen LogP contribution in [0.5, 0.6) is 0 Å². The van der Waals surface area contributed by atoms with Crippen molar-refractivity contribution in [3.05, 3.63) is 35.5 Å². The third kappa shape index (κ3) is 9.18.